The number of benzene rings is 2. The highest BCUT2D eigenvalue weighted by molar-refractivity contribution is 6.02. The number of nitro benzene ring substituents is 2. The molecule has 0 atom stereocenters. The highest BCUT2D eigenvalue weighted by atomic mass is 16.6. The molecule has 0 fully saturated rings. The molecule has 4 rings (SSSR count). The molecule has 0 aromatic heterocycles. The number of anilines is 2. The van der Waals surface area contributed by atoms with Crippen LogP contribution in [-0.4, -0.2) is 39.9 Å². The molecule has 0 aliphatic carbocycles. The molecule has 34 heavy (non-hydrogen) atoms. The summed E-state index contributed by atoms with van der Waals surface area (Å²) in [4.78, 5) is 45.0. The number of carbonyl (C=O) groups excluding carboxylic acids is 2. The van der Waals surface area contributed by atoms with Crippen LogP contribution in [0.1, 0.15) is 35.1 Å². The van der Waals surface area contributed by atoms with Crippen molar-refractivity contribution in [3.63, 3.8) is 0 Å². The fraction of sp³-hybridized carbons (Fsp3) is 0.364. The maximum absolute atomic E-state index is 11.9. The minimum Gasteiger partial charge on any atom is -0.476 e. The van der Waals surface area contributed by atoms with Crippen LogP contribution in [0.15, 0.2) is 36.4 Å². The van der Waals surface area contributed by atoms with Gasteiger partial charge in [0, 0.05) is 31.3 Å². The number of hydrogen-bond donors (Lipinski definition) is 1. The molecule has 0 bridgehead atoms. The lowest BCUT2D eigenvalue weighted by atomic mass is 10.0. The number of likely N-dealkylation sites (N-methyl/N-ethyl adjacent to an activating group) is 1. The Morgan fingerprint density at radius 1 is 0.853 bits per heavy atom. The molecule has 2 aromatic rings. The van der Waals surface area contributed by atoms with Crippen molar-refractivity contribution in [1.29, 1.82) is 0 Å². The number of ether oxygens (including phenoxy) is 2. The summed E-state index contributed by atoms with van der Waals surface area (Å²) in [5.74, 6) is 0.365. The lowest BCUT2D eigenvalue weighted by Gasteiger charge is -2.36. The number of non-ortho nitro benzene ring substituents is 2. The molecule has 2 aliphatic heterocycles. The zero-order valence-electron chi connectivity index (χ0n) is 18.6. The van der Waals surface area contributed by atoms with Gasteiger partial charge in [0.25, 0.3) is 23.2 Å². The number of carbonyl (C=O) groups is 2. The highest BCUT2D eigenvalue weighted by Crippen LogP contribution is 2.39. The molecule has 0 saturated heterocycles. The monoisotopic (exact) mass is 474 g/mol. The third kappa shape index (κ3) is 4.90. The number of nitrogens with one attached hydrogen (secondary N) is 1. The van der Waals surface area contributed by atoms with E-state index in [1.807, 2.05) is 0 Å². The predicted octanol–water partition coefficient (Wildman–Crippen LogP) is 4.07. The van der Waals surface area contributed by atoms with Crippen LogP contribution < -0.4 is 19.7 Å². The topological polar surface area (TPSA) is 154 Å². The summed E-state index contributed by atoms with van der Waals surface area (Å²) >= 11 is 0. The second-order valence-electron chi connectivity index (χ2n) is 8.39. The largest absolute Gasteiger partial charge is 0.476 e. The summed E-state index contributed by atoms with van der Waals surface area (Å²) in [7, 11) is 1.58. The van der Waals surface area contributed by atoms with E-state index in [0.717, 1.165) is 0 Å². The fourth-order valence-corrected chi connectivity index (χ4v) is 3.21. The molecular formula is C22H26N4O8. The van der Waals surface area contributed by atoms with E-state index in [0.29, 0.717) is 22.9 Å². The number of fused-ring (bicyclic) bond motifs is 2. The molecule has 0 spiro atoms. The van der Waals surface area contributed by atoms with Gasteiger partial charge >= 0.3 is 0 Å². The summed E-state index contributed by atoms with van der Waals surface area (Å²) in [5.41, 5.74) is -1.29. The van der Waals surface area contributed by atoms with E-state index < -0.39 is 21.0 Å². The Hall–Kier alpha value is -4.22. The van der Waals surface area contributed by atoms with Gasteiger partial charge < -0.3 is 19.7 Å². The smallest absolute Gasteiger partial charge is 0.271 e. The van der Waals surface area contributed by atoms with Crippen molar-refractivity contribution in [3.05, 3.63) is 56.6 Å². The van der Waals surface area contributed by atoms with Crippen LogP contribution in [0.4, 0.5) is 22.7 Å². The molecule has 2 heterocycles. The van der Waals surface area contributed by atoms with Crippen molar-refractivity contribution in [2.75, 3.05) is 17.3 Å². The van der Waals surface area contributed by atoms with E-state index in [1.165, 1.54) is 41.3 Å². The molecule has 0 saturated carbocycles. The van der Waals surface area contributed by atoms with E-state index in [4.69, 9.17) is 9.47 Å². The quantitative estimate of drug-likeness (QED) is 0.504. The lowest BCUT2D eigenvalue weighted by Crippen LogP contribution is -2.50. The van der Waals surface area contributed by atoms with Gasteiger partial charge in [-0.25, -0.2) is 0 Å². The van der Waals surface area contributed by atoms with Crippen molar-refractivity contribution >= 4 is 34.6 Å². The van der Waals surface area contributed by atoms with Gasteiger partial charge in [-0.1, -0.05) is 7.43 Å². The van der Waals surface area contributed by atoms with E-state index >= 15 is 0 Å². The third-order valence-electron chi connectivity index (χ3n) is 5.03. The molecule has 2 aliphatic rings. The number of hydrogen-bond acceptors (Lipinski definition) is 8. The number of amides is 2. The summed E-state index contributed by atoms with van der Waals surface area (Å²) in [6, 6.07) is 8.31. The zero-order valence-corrected chi connectivity index (χ0v) is 18.6. The highest BCUT2D eigenvalue weighted by Gasteiger charge is 2.40. The standard InChI is InChI=1S/C11H12N2O4.C10H10N2O4.CH4/c1-11(2)10(14)12(3)8-6-7(13(15)16)4-5-9(8)17-11;1-10(2)9(13)11-7-5-6(12(14)15)3-4-8(7)16-10;/h4-6H,1-3H3;3-5H,1-2H3,(H,11,13);1H4. The van der Waals surface area contributed by atoms with Gasteiger partial charge in [-0.2, -0.15) is 0 Å². The number of nitrogens with zero attached hydrogens (tertiary/aromatic N) is 3. The summed E-state index contributed by atoms with van der Waals surface area (Å²) in [6.07, 6.45) is 0. The SMILES string of the molecule is C.CC1(C)Oc2ccc([N+](=O)[O-])cc2NC1=O.CN1C(=O)C(C)(C)Oc2ccc([N+](=O)[O-])cc21. The first-order chi connectivity index (χ1) is 15.2. The van der Waals surface area contributed by atoms with Gasteiger partial charge in [-0.05, 0) is 39.8 Å². The lowest BCUT2D eigenvalue weighted by molar-refractivity contribution is -0.385. The van der Waals surface area contributed by atoms with E-state index in [2.05, 4.69) is 5.32 Å². The molecule has 0 radical (unpaired) electrons. The number of rotatable bonds is 2. The van der Waals surface area contributed by atoms with Crippen LogP contribution in [0.2, 0.25) is 0 Å². The Morgan fingerprint density at radius 3 is 1.91 bits per heavy atom. The van der Waals surface area contributed by atoms with Crippen molar-refractivity contribution in [2.24, 2.45) is 0 Å². The van der Waals surface area contributed by atoms with Crippen LogP contribution in [0.25, 0.3) is 0 Å². The molecule has 2 amide bonds. The Morgan fingerprint density at radius 2 is 1.35 bits per heavy atom. The van der Waals surface area contributed by atoms with Gasteiger partial charge in [0.05, 0.1) is 21.2 Å². The van der Waals surface area contributed by atoms with Crippen LogP contribution >= 0.6 is 0 Å². The van der Waals surface area contributed by atoms with Crippen molar-refractivity contribution in [2.45, 2.75) is 46.3 Å². The van der Waals surface area contributed by atoms with E-state index in [1.54, 1.807) is 34.7 Å². The van der Waals surface area contributed by atoms with Crippen LogP contribution in [-0.2, 0) is 9.59 Å². The average molecular weight is 474 g/mol. The van der Waals surface area contributed by atoms with Crippen LogP contribution in [0.3, 0.4) is 0 Å². The molecule has 2 aromatic carbocycles. The second kappa shape index (κ2) is 8.96. The molecule has 1 N–H and O–H groups in total. The van der Waals surface area contributed by atoms with Gasteiger partial charge in [0.1, 0.15) is 11.5 Å². The first-order valence-corrected chi connectivity index (χ1v) is 9.77. The maximum atomic E-state index is 11.9. The third-order valence-corrected chi connectivity index (χ3v) is 5.03. The number of nitro groups is 2. The average Bonchev–Trinajstić information content (AvgIpc) is 2.72. The maximum Gasteiger partial charge on any atom is 0.271 e. The second-order valence-corrected chi connectivity index (χ2v) is 8.39. The van der Waals surface area contributed by atoms with Crippen molar-refractivity contribution in [1.82, 2.24) is 0 Å². The zero-order chi connectivity index (χ0) is 24.7. The molecule has 12 heteroatoms. The van der Waals surface area contributed by atoms with Crippen molar-refractivity contribution < 1.29 is 28.9 Å². The summed E-state index contributed by atoms with van der Waals surface area (Å²) < 4.78 is 11.0. The first kappa shape index (κ1) is 26.0. The Kier molecular flexibility index (Phi) is 6.86. The fourth-order valence-electron chi connectivity index (χ4n) is 3.21. The Balaban J connectivity index is 0.000000234. The van der Waals surface area contributed by atoms with Gasteiger partial charge in [-0.3, -0.25) is 29.8 Å². The normalized spacial score (nSPS) is 16.7. The van der Waals surface area contributed by atoms with E-state index in [9.17, 15) is 29.8 Å². The predicted molar refractivity (Wildman–Crippen MR) is 124 cm³/mol. The Bertz CT molecular complexity index is 1180. The molecule has 0 unspecified atom stereocenters. The minimum atomic E-state index is -0.955. The van der Waals surface area contributed by atoms with Gasteiger partial charge in [0.15, 0.2) is 11.2 Å². The molecule has 182 valence electrons. The van der Waals surface area contributed by atoms with Crippen LogP contribution in [0, 0.1) is 20.2 Å². The molecular weight excluding hydrogens is 448 g/mol. The summed E-state index contributed by atoms with van der Waals surface area (Å²) in [6.45, 7) is 6.59. The van der Waals surface area contributed by atoms with E-state index in [-0.39, 0.29) is 30.6 Å². The first-order valence-electron chi connectivity index (χ1n) is 9.77. The van der Waals surface area contributed by atoms with Crippen molar-refractivity contribution in [3.8, 4) is 11.5 Å². The summed E-state index contributed by atoms with van der Waals surface area (Å²) in [5, 5.41) is 23.8. The Labute approximate surface area is 195 Å². The molecule has 12 nitrogen and oxygen atoms in total. The minimum absolute atomic E-state index is 0. The van der Waals surface area contributed by atoms with Crippen LogP contribution in [0.5, 0.6) is 11.5 Å². The van der Waals surface area contributed by atoms with Gasteiger partial charge in [0.2, 0.25) is 0 Å². The van der Waals surface area contributed by atoms with Gasteiger partial charge in [-0.15, -0.1) is 0 Å².